The van der Waals surface area contributed by atoms with Gasteiger partial charge in [0, 0.05) is 15.6 Å². The minimum atomic E-state index is 0.00809. The van der Waals surface area contributed by atoms with Gasteiger partial charge in [-0.15, -0.1) is 0 Å². The van der Waals surface area contributed by atoms with Gasteiger partial charge >= 0.3 is 0 Å². The molecule has 0 unspecified atom stereocenters. The van der Waals surface area contributed by atoms with Crippen LogP contribution in [0.3, 0.4) is 0 Å². The summed E-state index contributed by atoms with van der Waals surface area (Å²) in [5.74, 6) is 0.806. The topological polar surface area (TPSA) is 38.3 Å². The van der Waals surface area contributed by atoms with E-state index in [1.54, 1.807) is 0 Å². The molecule has 1 fully saturated rings. The van der Waals surface area contributed by atoms with Gasteiger partial charge in [-0.2, -0.15) is 0 Å². The first-order chi connectivity index (χ1) is 11.0. The van der Waals surface area contributed by atoms with Crippen LogP contribution in [0.2, 0.25) is 0 Å². The Kier molecular flexibility index (Phi) is 4.71. The lowest BCUT2D eigenvalue weighted by Crippen LogP contribution is -2.35. The summed E-state index contributed by atoms with van der Waals surface area (Å²) in [6.45, 7) is 2.58. The zero-order valence-electron chi connectivity index (χ0n) is 13.1. The average Bonchev–Trinajstić information content (AvgIpc) is 3.24. The Hall–Kier alpha value is -1.81. The summed E-state index contributed by atoms with van der Waals surface area (Å²) in [4.78, 5) is 12.2. The van der Waals surface area contributed by atoms with Crippen molar-refractivity contribution in [3.05, 3.63) is 64.1 Å². The summed E-state index contributed by atoms with van der Waals surface area (Å²) in [6.07, 6.45) is 2.46. The van der Waals surface area contributed by atoms with Crippen LogP contribution in [-0.2, 0) is 17.8 Å². The van der Waals surface area contributed by atoms with Crippen molar-refractivity contribution >= 4 is 21.8 Å². The molecule has 23 heavy (non-hydrogen) atoms. The first kappa shape index (κ1) is 16.1. The predicted octanol–water partition coefficient (Wildman–Crippen LogP) is 4.24. The highest BCUT2D eigenvalue weighted by Crippen LogP contribution is 2.34. The Bertz CT molecular complexity index is 696. The number of nitrogens with one attached hydrogen (secondary N) is 1. The highest BCUT2D eigenvalue weighted by molar-refractivity contribution is 9.10. The summed E-state index contributed by atoms with van der Waals surface area (Å²) in [5, 5.41) is 3.09. The lowest BCUT2D eigenvalue weighted by atomic mass is 10.1. The van der Waals surface area contributed by atoms with Gasteiger partial charge in [-0.25, -0.2) is 0 Å². The van der Waals surface area contributed by atoms with E-state index in [0.29, 0.717) is 13.0 Å². The summed E-state index contributed by atoms with van der Waals surface area (Å²) in [7, 11) is 0. The molecule has 120 valence electrons. The molecule has 4 heteroatoms. The number of benzene rings is 2. The van der Waals surface area contributed by atoms with Gasteiger partial charge < -0.3 is 10.1 Å². The zero-order chi connectivity index (χ0) is 16.3. The van der Waals surface area contributed by atoms with E-state index >= 15 is 0 Å². The molecule has 3 nitrogen and oxygen atoms in total. The van der Waals surface area contributed by atoms with E-state index < -0.39 is 0 Å². The number of ether oxygens (including phenoxy) is 1. The number of hydrogen-bond acceptors (Lipinski definition) is 2. The van der Waals surface area contributed by atoms with Crippen molar-refractivity contribution in [1.29, 1.82) is 0 Å². The summed E-state index contributed by atoms with van der Waals surface area (Å²) in [5.41, 5.74) is 2.02. The molecule has 2 aromatic carbocycles. The van der Waals surface area contributed by atoms with Crippen molar-refractivity contribution in [3.63, 3.8) is 0 Å². The Morgan fingerprint density at radius 3 is 2.65 bits per heavy atom. The van der Waals surface area contributed by atoms with E-state index in [-0.39, 0.29) is 11.4 Å². The molecule has 1 N–H and O–H groups in total. The molecule has 1 aliphatic carbocycles. The smallest absolute Gasteiger partial charge is 0.224 e. The maximum Gasteiger partial charge on any atom is 0.224 e. The summed E-state index contributed by atoms with van der Waals surface area (Å²) < 4.78 is 6.87. The highest BCUT2D eigenvalue weighted by atomic mass is 79.9. The number of carbonyl (C=O) groups is 1. The van der Waals surface area contributed by atoms with E-state index in [9.17, 15) is 4.79 Å². The third-order valence-electron chi connectivity index (χ3n) is 4.05. The van der Waals surface area contributed by atoms with Crippen molar-refractivity contribution in [2.75, 3.05) is 0 Å². The van der Waals surface area contributed by atoms with E-state index in [1.165, 1.54) is 0 Å². The van der Waals surface area contributed by atoms with Gasteiger partial charge in [0.15, 0.2) is 0 Å². The molecular formula is C19H20BrNO2. The summed E-state index contributed by atoms with van der Waals surface area (Å²) >= 11 is 3.47. The van der Waals surface area contributed by atoms with E-state index in [0.717, 1.165) is 34.2 Å². The second kappa shape index (κ2) is 6.75. The van der Waals surface area contributed by atoms with Gasteiger partial charge in [0.1, 0.15) is 12.4 Å². The van der Waals surface area contributed by atoms with Gasteiger partial charge in [0.2, 0.25) is 5.91 Å². The monoisotopic (exact) mass is 373 g/mol. The van der Waals surface area contributed by atoms with Crippen LogP contribution in [0.25, 0.3) is 0 Å². The van der Waals surface area contributed by atoms with Crippen LogP contribution in [0.5, 0.6) is 5.75 Å². The fourth-order valence-electron chi connectivity index (χ4n) is 2.43. The van der Waals surface area contributed by atoms with Crippen LogP contribution in [0.15, 0.2) is 53.0 Å². The molecule has 0 bridgehead atoms. The second-order valence-corrected chi connectivity index (χ2v) is 7.23. The van der Waals surface area contributed by atoms with Crippen molar-refractivity contribution in [1.82, 2.24) is 5.32 Å². The first-order valence-electron chi connectivity index (χ1n) is 7.80. The standard InChI is InChI=1S/C19H20BrNO2/c1-19(9-10-19)21-18(22)12-15-11-16(20)7-8-17(15)23-13-14-5-3-2-4-6-14/h2-8,11H,9-10,12-13H2,1H3,(H,21,22). The fraction of sp³-hybridized carbons (Fsp3) is 0.316. The van der Waals surface area contributed by atoms with Crippen molar-refractivity contribution in [3.8, 4) is 5.75 Å². The molecule has 0 spiro atoms. The molecule has 0 aliphatic heterocycles. The Morgan fingerprint density at radius 2 is 1.96 bits per heavy atom. The summed E-state index contributed by atoms with van der Waals surface area (Å²) in [6, 6.07) is 15.8. The SMILES string of the molecule is CC1(NC(=O)Cc2cc(Br)ccc2OCc2ccccc2)CC1. The number of hydrogen-bond donors (Lipinski definition) is 1. The largest absolute Gasteiger partial charge is 0.489 e. The Morgan fingerprint density at radius 1 is 1.22 bits per heavy atom. The Labute approximate surface area is 145 Å². The maximum absolute atomic E-state index is 12.2. The normalized spacial score (nSPS) is 15.0. The molecule has 0 saturated heterocycles. The number of amides is 1. The molecule has 0 radical (unpaired) electrons. The van der Waals surface area contributed by atoms with Gasteiger partial charge in [-0.05, 0) is 43.5 Å². The van der Waals surface area contributed by atoms with Crippen LogP contribution in [0, 0.1) is 0 Å². The van der Waals surface area contributed by atoms with Gasteiger partial charge in [-0.3, -0.25) is 4.79 Å². The van der Waals surface area contributed by atoms with Crippen LogP contribution in [0.1, 0.15) is 30.9 Å². The minimum Gasteiger partial charge on any atom is -0.489 e. The Balaban J connectivity index is 1.68. The molecule has 0 atom stereocenters. The predicted molar refractivity (Wildman–Crippen MR) is 94.4 cm³/mol. The average molecular weight is 374 g/mol. The van der Waals surface area contributed by atoms with E-state index in [1.807, 2.05) is 48.5 Å². The maximum atomic E-state index is 12.2. The fourth-order valence-corrected chi connectivity index (χ4v) is 2.84. The molecular weight excluding hydrogens is 354 g/mol. The lowest BCUT2D eigenvalue weighted by molar-refractivity contribution is -0.121. The molecule has 1 aliphatic rings. The third-order valence-corrected chi connectivity index (χ3v) is 4.55. The van der Waals surface area contributed by atoms with Crippen LogP contribution < -0.4 is 10.1 Å². The lowest BCUT2D eigenvalue weighted by Gasteiger charge is -2.14. The number of halogens is 1. The number of rotatable bonds is 6. The van der Waals surface area contributed by atoms with Crippen LogP contribution >= 0.6 is 15.9 Å². The first-order valence-corrected chi connectivity index (χ1v) is 8.60. The van der Waals surface area contributed by atoms with Crippen molar-refractivity contribution in [2.45, 2.75) is 38.3 Å². The molecule has 2 aromatic rings. The van der Waals surface area contributed by atoms with Crippen molar-refractivity contribution in [2.24, 2.45) is 0 Å². The number of carbonyl (C=O) groups excluding carboxylic acids is 1. The molecule has 1 saturated carbocycles. The van der Waals surface area contributed by atoms with Gasteiger partial charge in [-0.1, -0.05) is 46.3 Å². The van der Waals surface area contributed by atoms with Gasteiger partial charge in [0.25, 0.3) is 0 Å². The van der Waals surface area contributed by atoms with Gasteiger partial charge in [0.05, 0.1) is 6.42 Å². The van der Waals surface area contributed by atoms with E-state index in [2.05, 4.69) is 28.2 Å². The van der Waals surface area contributed by atoms with Crippen molar-refractivity contribution < 1.29 is 9.53 Å². The minimum absolute atomic E-state index is 0.00809. The zero-order valence-corrected chi connectivity index (χ0v) is 14.7. The molecule has 0 aromatic heterocycles. The van der Waals surface area contributed by atoms with Crippen LogP contribution in [-0.4, -0.2) is 11.4 Å². The quantitative estimate of drug-likeness (QED) is 0.822. The molecule has 3 rings (SSSR count). The molecule has 0 heterocycles. The third kappa shape index (κ3) is 4.58. The van der Waals surface area contributed by atoms with E-state index in [4.69, 9.17) is 4.74 Å². The molecule has 1 amide bonds. The second-order valence-electron chi connectivity index (χ2n) is 6.31. The highest BCUT2D eigenvalue weighted by Gasteiger charge is 2.38. The van der Waals surface area contributed by atoms with Crippen LogP contribution in [0.4, 0.5) is 0 Å².